The van der Waals surface area contributed by atoms with Crippen LogP contribution in [0.25, 0.3) is 0 Å². The Balaban J connectivity index is 1.77. The molecule has 2 aromatic rings. The van der Waals surface area contributed by atoms with E-state index in [0.717, 1.165) is 42.4 Å². The van der Waals surface area contributed by atoms with Crippen molar-refractivity contribution < 1.29 is 17.9 Å². The maximum Gasteiger partial charge on any atom is 0.218 e. The lowest BCUT2D eigenvalue weighted by molar-refractivity contribution is -0.00154. The second-order valence-corrected chi connectivity index (χ2v) is 10.2. The van der Waals surface area contributed by atoms with Crippen molar-refractivity contribution in [2.45, 2.75) is 70.5 Å². The van der Waals surface area contributed by atoms with Gasteiger partial charge in [0.05, 0.1) is 17.9 Å². The van der Waals surface area contributed by atoms with Crippen molar-refractivity contribution in [2.24, 2.45) is 0 Å². The summed E-state index contributed by atoms with van der Waals surface area (Å²) in [4.78, 5) is 0. The average Bonchev–Trinajstić information content (AvgIpc) is 3.25. The van der Waals surface area contributed by atoms with Gasteiger partial charge in [0.25, 0.3) is 0 Å². The Morgan fingerprint density at radius 3 is 2.48 bits per heavy atom. The summed E-state index contributed by atoms with van der Waals surface area (Å²) in [6.45, 7) is 6.76. The van der Waals surface area contributed by atoms with Gasteiger partial charge in [-0.05, 0) is 61.4 Å². The fourth-order valence-electron chi connectivity index (χ4n) is 4.52. The molecule has 0 amide bonds. The van der Waals surface area contributed by atoms with Crippen molar-refractivity contribution in [1.82, 2.24) is 4.31 Å². The maximum atomic E-state index is 13.4. The topological polar surface area (TPSA) is 55.8 Å². The predicted octanol–water partition coefficient (Wildman–Crippen LogP) is 5.24. The van der Waals surface area contributed by atoms with Crippen LogP contribution in [0.4, 0.5) is 0 Å². The molecule has 1 fully saturated rings. The Morgan fingerprint density at radius 1 is 1.06 bits per heavy atom. The van der Waals surface area contributed by atoms with Crippen LogP contribution in [0, 0.1) is 6.92 Å². The number of hydrogen-bond donors (Lipinski definition) is 0. The summed E-state index contributed by atoms with van der Waals surface area (Å²) in [6, 6.07) is 15.5. The summed E-state index contributed by atoms with van der Waals surface area (Å²) in [5.74, 6) is 0.664. The third kappa shape index (κ3) is 5.68. The van der Waals surface area contributed by atoms with E-state index in [9.17, 15) is 8.42 Å². The van der Waals surface area contributed by atoms with Gasteiger partial charge < -0.3 is 9.47 Å². The summed E-state index contributed by atoms with van der Waals surface area (Å²) in [7, 11) is -1.75. The van der Waals surface area contributed by atoms with Crippen molar-refractivity contribution in [3.8, 4) is 5.75 Å². The van der Waals surface area contributed by atoms with E-state index in [0.29, 0.717) is 12.3 Å². The molecule has 3 unspecified atom stereocenters. The Morgan fingerprint density at radius 2 is 1.81 bits per heavy atom. The minimum atomic E-state index is -3.45. The molecule has 0 N–H and O–H groups in total. The molecule has 2 aromatic carbocycles. The van der Waals surface area contributed by atoms with E-state index < -0.39 is 10.0 Å². The molecule has 3 rings (SSSR count). The summed E-state index contributed by atoms with van der Waals surface area (Å²) >= 11 is 0. The molecule has 5 nitrogen and oxygen atoms in total. The van der Waals surface area contributed by atoms with Crippen LogP contribution in [0.15, 0.2) is 48.5 Å². The number of ether oxygens (including phenoxy) is 2. The Bertz CT molecular complexity index is 955. The van der Waals surface area contributed by atoms with Gasteiger partial charge in [-0.2, -0.15) is 4.31 Å². The minimum absolute atomic E-state index is 0.0110. The van der Waals surface area contributed by atoms with Crippen LogP contribution in [0.3, 0.4) is 0 Å². The minimum Gasteiger partial charge on any atom is -0.488 e. The van der Waals surface area contributed by atoms with E-state index in [2.05, 4.69) is 13.8 Å². The highest BCUT2D eigenvalue weighted by molar-refractivity contribution is 7.88. The fourth-order valence-corrected chi connectivity index (χ4v) is 6.31. The summed E-state index contributed by atoms with van der Waals surface area (Å²) in [5, 5.41) is 0. The first-order valence-corrected chi connectivity index (χ1v) is 12.8. The molecule has 0 radical (unpaired) electrons. The molecule has 3 atom stereocenters. The van der Waals surface area contributed by atoms with Crippen LogP contribution in [0.5, 0.6) is 5.75 Å². The Hall–Kier alpha value is -1.89. The molecule has 0 spiro atoms. The predicted molar refractivity (Wildman–Crippen MR) is 125 cm³/mol. The number of benzene rings is 2. The Labute approximate surface area is 187 Å². The van der Waals surface area contributed by atoms with Crippen molar-refractivity contribution in [3.63, 3.8) is 0 Å². The normalized spacial score (nSPS) is 19.3. The van der Waals surface area contributed by atoms with E-state index in [1.807, 2.05) is 55.5 Å². The number of nitrogens with zero attached hydrogens (tertiary/aromatic N) is 1. The van der Waals surface area contributed by atoms with E-state index in [1.165, 1.54) is 0 Å². The van der Waals surface area contributed by atoms with Crippen molar-refractivity contribution in [1.29, 1.82) is 0 Å². The number of aryl methyl sites for hydroxylation is 1. The quantitative estimate of drug-likeness (QED) is 0.502. The second kappa shape index (κ2) is 10.6. The highest BCUT2D eigenvalue weighted by Gasteiger charge is 2.35. The SMILES string of the molecule is CCC(OC)C(CC)Oc1cccc(CS(=O)(=O)N2CCCC2c2ccccc2C)c1. The molecule has 0 aliphatic carbocycles. The summed E-state index contributed by atoms with van der Waals surface area (Å²) in [6.07, 6.45) is 3.37. The van der Waals surface area contributed by atoms with Gasteiger partial charge in [-0.3, -0.25) is 0 Å². The molecule has 0 bridgehead atoms. The van der Waals surface area contributed by atoms with E-state index in [1.54, 1.807) is 11.4 Å². The van der Waals surface area contributed by atoms with Gasteiger partial charge in [-0.15, -0.1) is 0 Å². The largest absolute Gasteiger partial charge is 0.488 e. The van der Waals surface area contributed by atoms with Gasteiger partial charge in [0.2, 0.25) is 10.0 Å². The van der Waals surface area contributed by atoms with Gasteiger partial charge in [-0.1, -0.05) is 50.2 Å². The van der Waals surface area contributed by atoms with E-state index >= 15 is 0 Å². The molecule has 1 aliphatic rings. The molecular formula is C25H35NO4S. The second-order valence-electron chi connectivity index (χ2n) is 8.28. The molecule has 1 saturated heterocycles. The van der Waals surface area contributed by atoms with Crippen LogP contribution in [0.1, 0.15) is 62.3 Å². The first-order valence-electron chi connectivity index (χ1n) is 11.2. The third-order valence-corrected chi connectivity index (χ3v) is 8.02. The lowest BCUT2D eigenvalue weighted by Gasteiger charge is -2.26. The van der Waals surface area contributed by atoms with Gasteiger partial charge in [0.1, 0.15) is 11.9 Å². The van der Waals surface area contributed by atoms with Gasteiger partial charge in [0.15, 0.2) is 0 Å². The molecular weight excluding hydrogens is 410 g/mol. The highest BCUT2D eigenvalue weighted by atomic mass is 32.2. The average molecular weight is 446 g/mol. The zero-order valence-electron chi connectivity index (χ0n) is 19.1. The Kier molecular flexibility index (Phi) is 8.14. The van der Waals surface area contributed by atoms with Crippen molar-refractivity contribution in [3.05, 3.63) is 65.2 Å². The summed E-state index contributed by atoms with van der Waals surface area (Å²) < 4.78 is 40.1. The molecule has 0 saturated carbocycles. The number of sulfonamides is 1. The van der Waals surface area contributed by atoms with Crippen LogP contribution in [0.2, 0.25) is 0 Å². The molecule has 6 heteroatoms. The number of methoxy groups -OCH3 is 1. The van der Waals surface area contributed by atoms with Crippen LogP contribution >= 0.6 is 0 Å². The van der Waals surface area contributed by atoms with Crippen LogP contribution in [-0.2, 0) is 20.5 Å². The standard InChI is InChI=1S/C25H35NO4S/c1-5-24(29-4)25(6-2)30-21-13-9-12-20(17-21)18-31(27,28)26-16-10-15-23(26)22-14-8-7-11-19(22)3/h7-9,11-14,17,23-25H,5-6,10,15-16,18H2,1-4H3. The highest BCUT2D eigenvalue weighted by Crippen LogP contribution is 2.36. The summed E-state index contributed by atoms with van der Waals surface area (Å²) in [5.41, 5.74) is 2.99. The zero-order chi connectivity index (χ0) is 22.4. The fraction of sp³-hybridized carbons (Fsp3) is 0.520. The smallest absolute Gasteiger partial charge is 0.218 e. The van der Waals surface area contributed by atoms with Gasteiger partial charge in [0, 0.05) is 13.7 Å². The lowest BCUT2D eigenvalue weighted by atomic mass is 10.0. The van der Waals surface area contributed by atoms with E-state index in [-0.39, 0.29) is 24.0 Å². The molecule has 31 heavy (non-hydrogen) atoms. The van der Waals surface area contributed by atoms with Crippen LogP contribution in [-0.4, -0.2) is 38.6 Å². The van der Waals surface area contributed by atoms with Gasteiger partial charge in [-0.25, -0.2) is 8.42 Å². The monoisotopic (exact) mass is 445 g/mol. The zero-order valence-corrected chi connectivity index (χ0v) is 19.9. The van der Waals surface area contributed by atoms with Crippen molar-refractivity contribution >= 4 is 10.0 Å². The van der Waals surface area contributed by atoms with E-state index in [4.69, 9.17) is 9.47 Å². The number of hydrogen-bond acceptors (Lipinski definition) is 4. The molecule has 0 aromatic heterocycles. The lowest BCUT2D eigenvalue weighted by Crippen LogP contribution is -2.32. The third-order valence-electron chi connectivity index (χ3n) is 6.17. The first-order chi connectivity index (χ1) is 14.9. The molecule has 1 heterocycles. The first kappa shape index (κ1) is 23.8. The maximum absolute atomic E-state index is 13.4. The van der Waals surface area contributed by atoms with Crippen molar-refractivity contribution in [2.75, 3.05) is 13.7 Å². The van der Waals surface area contributed by atoms with Crippen LogP contribution < -0.4 is 4.74 Å². The number of rotatable bonds is 10. The van der Waals surface area contributed by atoms with Gasteiger partial charge >= 0.3 is 0 Å². The molecule has 1 aliphatic heterocycles. The molecule has 170 valence electrons.